The molecule has 6 aliphatic carbocycles. The largest absolute Gasteiger partial charge is 0.369 e. The maximum atomic E-state index is 13.6. The molecule has 8 aliphatic rings. The van der Waals surface area contributed by atoms with Gasteiger partial charge in [-0.3, -0.25) is 19.5 Å². The van der Waals surface area contributed by atoms with E-state index in [4.69, 9.17) is 31.6 Å². The van der Waals surface area contributed by atoms with Crippen molar-refractivity contribution in [3.8, 4) is 24.2 Å². The molecule has 61 heavy (non-hydrogen) atoms. The van der Waals surface area contributed by atoms with Crippen molar-refractivity contribution in [1.82, 2.24) is 9.80 Å². The van der Waals surface area contributed by atoms with Crippen molar-refractivity contribution in [3.63, 3.8) is 0 Å². The molecule has 2 aromatic carbocycles. The first-order valence-electron chi connectivity index (χ1n) is 21.3. The average molecular weight is 907 g/mol. The summed E-state index contributed by atoms with van der Waals surface area (Å²) in [5, 5.41) is 0. The van der Waals surface area contributed by atoms with Gasteiger partial charge in [0.15, 0.2) is 17.0 Å². The Morgan fingerprint density at radius 3 is 1.67 bits per heavy atom. The van der Waals surface area contributed by atoms with Crippen molar-refractivity contribution in [1.29, 1.82) is 0 Å². The first kappa shape index (κ1) is 43.4. The number of terminal acetylenes is 1. The zero-order chi connectivity index (χ0) is 43.5. The molecule has 324 valence electrons. The lowest BCUT2D eigenvalue weighted by atomic mass is 9.61. The van der Waals surface area contributed by atoms with Gasteiger partial charge in [0.05, 0.1) is 12.2 Å². The van der Waals surface area contributed by atoms with Gasteiger partial charge in [-0.15, -0.1) is 12.3 Å². The van der Waals surface area contributed by atoms with E-state index in [0.717, 1.165) is 51.6 Å². The minimum Gasteiger partial charge on any atom is -0.369 e. The van der Waals surface area contributed by atoms with Gasteiger partial charge in [0.2, 0.25) is 0 Å². The van der Waals surface area contributed by atoms with Crippen molar-refractivity contribution in [2.24, 2.45) is 38.4 Å². The van der Waals surface area contributed by atoms with E-state index >= 15 is 0 Å². The van der Waals surface area contributed by atoms with Gasteiger partial charge in [-0.2, -0.15) is 17.6 Å². The number of carbonyl (C=O) groups excluding carboxylic acids is 2. The third-order valence-corrected chi connectivity index (χ3v) is 14.9. The van der Waals surface area contributed by atoms with Gasteiger partial charge in [-0.05, 0) is 143 Å². The molecule has 0 bridgehead atoms. The Morgan fingerprint density at radius 2 is 1.25 bits per heavy atom. The summed E-state index contributed by atoms with van der Waals surface area (Å²) in [6.07, 6.45) is 14.8. The van der Waals surface area contributed by atoms with Gasteiger partial charge < -0.3 is 20.1 Å². The van der Waals surface area contributed by atoms with E-state index in [1.54, 1.807) is 19.0 Å². The van der Waals surface area contributed by atoms with E-state index in [1.165, 1.54) is 17.7 Å². The normalized spacial score (nSPS) is 32.0. The van der Waals surface area contributed by atoms with Crippen LogP contribution in [0, 0.1) is 46.9 Å². The van der Waals surface area contributed by atoms with Crippen LogP contribution in [0.1, 0.15) is 112 Å². The second-order valence-corrected chi connectivity index (χ2v) is 19.0. The third kappa shape index (κ3) is 7.69. The summed E-state index contributed by atoms with van der Waals surface area (Å²) in [6.45, 7) is -3.68. The zero-order valence-electron chi connectivity index (χ0n) is 34.8. The highest BCUT2D eigenvalue weighted by Gasteiger charge is 2.67. The number of ether oxygens (including phenoxy) is 2. The second kappa shape index (κ2) is 16.5. The number of amides is 2. The number of nitrogens with two attached hydrogens (primary N) is 1. The number of hydrogen-bond donors (Lipinski definition) is 1. The van der Waals surface area contributed by atoms with Crippen LogP contribution in [0.25, 0.3) is 0 Å². The number of aliphatic imine (C=N–C) groups is 2. The molecule has 4 saturated carbocycles. The van der Waals surface area contributed by atoms with Crippen LogP contribution < -0.4 is 5.73 Å². The third-order valence-electron chi connectivity index (χ3n) is 14.4. The molecule has 2 atom stereocenters. The van der Waals surface area contributed by atoms with Gasteiger partial charge >= 0.3 is 13.2 Å². The second-order valence-electron chi connectivity index (χ2n) is 18.0. The molecule has 4 spiro atoms. The van der Waals surface area contributed by atoms with Crippen LogP contribution in [-0.2, 0) is 43.0 Å². The van der Waals surface area contributed by atoms with E-state index in [1.807, 2.05) is 43.3 Å². The van der Waals surface area contributed by atoms with Crippen LogP contribution in [0.3, 0.4) is 0 Å². The van der Waals surface area contributed by atoms with Gasteiger partial charge in [-0.25, -0.2) is 4.99 Å². The van der Waals surface area contributed by atoms with Crippen molar-refractivity contribution >= 4 is 39.5 Å². The monoisotopic (exact) mass is 905 g/mol. The topological polar surface area (TPSA) is 110 Å². The number of guanidine groups is 1. The van der Waals surface area contributed by atoms with Crippen LogP contribution in [0.2, 0.25) is 0 Å². The van der Waals surface area contributed by atoms with E-state index in [9.17, 15) is 27.2 Å². The molecule has 0 aromatic heterocycles. The minimum absolute atomic E-state index is 0.0138. The Bertz CT molecular complexity index is 2240. The van der Waals surface area contributed by atoms with E-state index in [0.29, 0.717) is 75.5 Å². The summed E-state index contributed by atoms with van der Waals surface area (Å²) in [4.78, 5) is 39.7. The van der Waals surface area contributed by atoms with Crippen LogP contribution >= 0.6 is 15.9 Å². The maximum absolute atomic E-state index is 13.6. The molecule has 10 rings (SSSR count). The van der Waals surface area contributed by atoms with Gasteiger partial charge in [0, 0.05) is 46.8 Å². The van der Waals surface area contributed by atoms with Crippen LogP contribution in [-0.4, -0.2) is 72.9 Å². The standard InChI is InChI=1S/C23H25F2N3O2.C19H21BrF2N2O2.C5H6/c1-28-19(29)23(27-21(28)26)18-12-15(5-4-14-2-3-14)6-7-16(18)13-22(23)10-8-17(9-11-22)30-20(24)25;1-11-23-19(16(25)24(11)2)15-9-13(20)4-3-12(15)10-18(19)7-5-14(6-8-18)26-17(21)22;1-2-5-3-4-5/h6-7,12,14,17,20H,2-3,8-11,13H2,1H3,(H2,26,27);3-4,9,14,17H,5-8,10H2,1-2H3;1,5H,3-4H2. The molecule has 2 unspecified atom stereocenters. The fourth-order valence-electron chi connectivity index (χ4n) is 10.8. The Hall–Kier alpha value is -4.24. The summed E-state index contributed by atoms with van der Waals surface area (Å²) < 4.78 is 61.0. The predicted octanol–water partition coefficient (Wildman–Crippen LogP) is 8.44. The Balaban J connectivity index is 0.000000152. The van der Waals surface area contributed by atoms with E-state index in [2.05, 4.69) is 33.7 Å². The predicted molar refractivity (Wildman–Crippen MR) is 226 cm³/mol. The first-order chi connectivity index (χ1) is 29.1. The smallest absolute Gasteiger partial charge is 0.345 e. The molecule has 2 heterocycles. The number of amidine groups is 1. The molecule has 2 aliphatic heterocycles. The Morgan fingerprint density at radius 1 is 0.754 bits per heavy atom. The number of hydrogen-bond acceptors (Lipinski definition) is 7. The molecular formula is C47H52BrF4N5O4. The highest BCUT2D eigenvalue weighted by Crippen LogP contribution is 2.63. The van der Waals surface area contributed by atoms with Gasteiger partial charge in [0.25, 0.3) is 11.8 Å². The minimum atomic E-state index is -2.78. The van der Waals surface area contributed by atoms with E-state index in [-0.39, 0.29) is 23.2 Å². The SMILES string of the molecule is C#CC1CC1.CC1=NC2(C(=O)N1C)c1cc(Br)ccc1CC21CCC(OC(F)F)CC1.CN1C(=O)C2(N=C1N)c1cc(C#CC3CC3)ccc1CC21CCC(OC(F)F)CC1. The summed E-state index contributed by atoms with van der Waals surface area (Å²) in [7, 11) is 3.40. The summed E-state index contributed by atoms with van der Waals surface area (Å²) in [5.74, 6) is 11.0. The summed E-state index contributed by atoms with van der Waals surface area (Å²) in [5.41, 5.74) is 8.11. The molecule has 9 nitrogen and oxygen atoms in total. The molecule has 0 radical (unpaired) electrons. The molecular weight excluding hydrogens is 854 g/mol. The van der Waals surface area contributed by atoms with Crippen molar-refractivity contribution in [3.05, 3.63) is 68.7 Å². The average Bonchev–Trinajstić information content (AvgIpc) is 4.17. The van der Waals surface area contributed by atoms with Crippen molar-refractivity contribution in [2.45, 2.75) is 133 Å². The Kier molecular flexibility index (Phi) is 11.7. The highest BCUT2D eigenvalue weighted by atomic mass is 79.9. The highest BCUT2D eigenvalue weighted by molar-refractivity contribution is 9.10. The molecule has 14 heteroatoms. The lowest BCUT2D eigenvalue weighted by Crippen LogP contribution is -2.51. The van der Waals surface area contributed by atoms with Crippen molar-refractivity contribution in [2.75, 3.05) is 14.1 Å². The molecule has 4 fully saturated rings. The number of nitrogens with zero attached hydrogens (tertiary/aromatic N) is 4. The number of fused-ring (bicyclic) bond motifs is 6. The lowest BCUT2D eigenvalue weighted by Gasteiger charge is -2.45. The molecule has 0 saturated heterocycles. The molecule has 2 amide bonds. The maximum Gasteiger partial charge on any atom is 0.345 e. The quantitative estimate of drug-likeness (QED) is 0.245. The first-order valence-corrected chi connectivity index (χ1v) is 22.1. The number of carbonyl (C=O) groups is 2. The number of rotatable bonds is 4. The molecule has 2 aromatic rings. The van der Waals surface area contributed by atoms with Gasteiger partial charge in [-0.1, -0.05) is 39.9 Å². The fraction of sp³-hybridized carbons (Fsp3) is 0.574. The Labute approximate surface area is 363 Å². The zero-order valence-corrected chi connectivity index (χ0v) is 36.4. The summed E-state index contributed by atoms with van der Waals surface area (Å²) in [6, 6.07) is 12.1. The number of alkyl halides is 4. The number of benzene rings is 2. The van der Waals surface area contributed by atoms with E-state index < -0.39 is 41.9 Å². The number of likely N-dealkylation sites (N-methyl/N-ethyl adjacent to an activating group) is 2. The van der Waals surface area contributed by atoms with Crippen LogP contribution in [0.15, 0.2) is 50.9 Å². The number of halogens is 5. The van der Waals surface area contributed by atoms with Crippen LogP contribution in [0.5, 0.6) is 0 Å². The van der Waals surface area contributed by atoms with Crippen LogP contribution in [0.4, 0.5) is 17.6 Å². The molecule has 2 N–H and O–H groups in total. The summed E-state index contributed by atoms with van der Waals surface area (Å²) >= 11 is 3.52. The van der Waals surface area contributed by atoms with Crippen molar-refractivity contribution < 1.29 is 36.6 Å². The van der Waals surface area contributed by atoms with Gasteiger partial charge in [0.1, 0.15) is 5.84 Å². The fourth-order valence-corrected chi connectivity index (χ4v) is 11.1. The lowest BCUT2D eigenvalue weighted by molar-refractivity contribution is -0.179.